The van der Waals surface area contributed by atoms with Crippen molar-refractivity contribution in [2.75, 3.05) is 6.54 Å². The number of benzene rings is 1. The van der Waals surface area contributed by atoms with Crippen LogP contribution in [0.5, 0.6) is 0 Å². The molecule has 1 aromatic carbocycles. The quantitative estimate of drug-likeness (QED) is 0.747. The van der Waals surface area contributed by atoms with Gasteiger partial charge < -0.3 is 0 Å². The molecule has 22 heavy (non-hydrogen) atoms. The first-order chi connectivity index (χ1) is 10.7. The predicted octanol–water partition coefficient (Wildman–Crippen LogP) is 1.38. The van der Waals surface area contributed by atoms with Gasteiger partial charge in [0.1, 0.15) is 0 Å². The molecule has 1 aliphatic heterocycles. The molecule has 7 nitrogen and oxygen atoms in total. The van der Waals surface area contributed by atoms with Crippen molar-refractivity contribution in [2.45, 2.75) is 12.8 Å². The molecule has 0 spiro atoms. The van der Waals surface area contributed by atoms with Crippen molar-refractivity contribution in [2.24, 2.45) is 0 Å². The number of pyridine rings is 1. The van der Waals surface area contributed by atoms with Gasteiger partial charge in [0.15, 0.2) is 0 Å². The number of aromatic nitrogens is 3. The fourth-order valence-electron chi connectivity index (χ4n) is 2.69. The van der Waals surface area contributed by atoms with Crippen molar-refractivity contribution in [1.82, 2.24) is 25.6 Å². The summed E-state index contributed by atoms with van der Waals surface area (Å²) in [4.78, 5) is 28.2. The average Bonchev–Trinajstić information content (AvgIpc) is 3.16. The van der Waals surface area contributed by atoms with Gasteiger partial charge in [-0.1, -0.05) is 0 Å². The van der Waals surface area contributed by atoms with Gasteiger partial charge in [0, 0.05) is 35.5 Å². The Hall–Kier alpha value is -2.96. The summed E-state index contributed by atoms with van der Waals surface area (Å²) in [6.45, 7) is 0.560. The van der Waals surface area contributed by atoms with Crippen molar-refractivity contribution in [3.63, 3.8) is 0 Å². The number of amides is 2. The van der Waals surface area contributed by atoms with E-state index >= 15 is 0 Å². The maximum Gasteiger partial charge on any atom is 0.269 e. The highest BCUT2D eigenvalue weighted by molar-refractivity contribution is 6.06. The maximum absolute atomic E-state index is 12.3. The van der Waals surface area contributed by atoms with Crippen LogP contribution < -0.4 is 5.43 Å². The molecular weight excluding hydrogens is 282 g/mol. The Morgan fingerprint density at radius 1 is 1.32 bits per heavy atom. The largest absolute Gasteiger partial charge is 0.277 e. The van der Waals surface area contributed by atoms with E-state index in [0.717, 1.165) is 28.2 Å². The van der Waals surface area contributed by atoms with Gasteiger partial charge in [-0.25, -0.2) is 0 Å². The van der Waals surface area contributed by atoms with Gasteiger partial charge >= 0.3 is 0 Å². The first kappa shape index (κ1) is 12.8. The Balaban J connectivity index is 1.72. The monoisotopic (exact) mass is 295 g/mol. The highest BCUT2D eigenvalue weighted by Gasteiger charge is 2.22. The second kappa shape index (κ2) is 4.80. The topological polar surface area (TPSA) is 91.0 Å². The summed E-state index contributed by atoms with van der Waals surface area (Å²) in [6.07, 6.45) is 4.69. The number of hydrazine groups is 1. The van der Waals surface area contributed by atoms with Gasteiger partial charge in [0.25, 0.3) is 5.91 Å². The Bertz CT molecular complexity index is 901. The summed E-state index contributed by atoms with van der Waals surface area (Å²) in [5, 5.41) is 10.0. The van der Waals surface area contributed by atoms with E-state index in [-0.39, 0.29) is 11.8 Å². The molecule has 0 atom stereocenters. The Morgan fingerprint density at radius 3 is 3.05 bits per heavy atom. The van der Waals surface area contributed by atoms with Gasteiger partial charge in [0.2, 0.25) is 5.91 Å². The third kappa shape index (κ3) is 1.98. The van der Waals surface area contributed by atoms with Crippen LogP contribution in [0.2, 0.25) is 0 Å². The van der Waals surface area contributed by atoms with Crippen LogP contribution >= 0.6 is 0 Å². The van der Waals surface area contributed by atoms with Crippen molar-refractivity contribution in [1.29, 1.82) is 0 Å². The fraction of sp³-hybridized carbons (Fsp3) is 0.200. The van der Waals surface area contributed by atoms with Crippen molar-refractivity contribution in [3.8, 4) is 0 Å². The molecular formula is C15H13N5O2. The number of carbonyl (C=O) groups excluding carboxylic acids is 2. The summed E-state index contributed by atoms with van der Waals surface area (Å²) in [5.74, 6) is -0.347. The number of hydrogen-bond acceptors (Lipinski definition) is 4. The maximum atomic E-state index is 12.3. The summed E-state index contributed by atoms with van der Waals surface area (Å²) < 4.78 is 0. The van der Waals surface area contributed by atoms with E-state index in [1.807, 2.05) is 0 Å². The van der Waals surface area contributed by atoms with Crippen LogP contribution in [0.1, 0.15) is 23.2 Å². The number of aromatic amines is 1. The molecule has 0 unspecified atom stereocenters. The first-order valence-corrected chi connectivity index (χ1v) is 7.05. The van der Waals surface area contributed by atoms with Crippen molar-refractivity contribution >= 4 is 33.6 Å². The van der Waals surface area contributed by atoms with Crippen LogP contribution in [0.25, 0.3) is 21.8 Å². The van der Waals surface area contributed by atoms with Crippen LogP contribution in [0.15, 0.2) is 30.6 Å². The highest BCUT2D eigenvalue weighted by Crippen LogP contribution is 2.22. The lowest BCUT2D eigenvalue weighted by Gasteiger charge is -2.16. The van der Waals surface area contributed by atoms with Crippen LogP contribution in [0.4, 0.5) is 0 Å². The third-order valence-corrected chi connectivity index (χ3v) is 3.85. The molecule has 0 radical (unpaired) electrons. The van der Waals surface area contributed by atoms with Gasteiger partial charge in [-0.15, -0.1) is 0 Å². The number of nitrogens with zero attached hydrogens (tertiary/aromatic N) is 3. The van der Waals surface area contributed by atoms with Gasteiger partial charge in [0.05, 0.1) is 17.2 Å². The van der Waals surface area contributed by atoms with Crippen LogP contribution in [0.3, 0.4) is 0 Å². The second-order valence-electron chi connectivity index (χ2n) is 5.28. The zero-order chi connectivity index (χ0) is 15.1. The number of rotatable bonds is 2. The molecule has 3 heterocycles. The summed E-state index contributed by atoms with van der Waals surface area (Å²) in [7, 11) is 0. The van der Waals surface area contributed by atoms with E-state index in [1.54, 1.807) is 30.6 Å². The number of nitrogens with one attached hydrogen (secondary N) is 2. The standard InChI is InChI=1S/C15H13N5O2/c21-13-2-1-5-20(13)19-15(22)9-3-4-12-11(6-9)14-10(7-16-12)8-17-18-14/h3-4,6-8H,1-2,5H2,(H,17,18)(H,19,22). The van der Waals surface area contributed by atoms with E-state index in [0.29, 0.717) is 18.5 Å². The van der Waals surface area contributed by atoms with E-state index < -0.39 is 0 Å². The van der Waals surface area contributed by atoms with E-state index in [1.165, 1.54) is 5.01 Å². The SMILES string of the molecule is O=C(NN1CCCC1=O)c1ccc2ncc3cn[nH]c3c2c1. The predicted molar refractivity (Wildman–Crippen MR) is 79.8 cm³/mol. The third-order valence-electron chi connectivity index (χ3n) is 3.85. The molecule has 7 heteroatoms. The summed E-state index contributed by atoms with van der Waals surface area (Å²) in [6, 6.07) is 5.25. The number of carbonyl (C=O) groups is 2. The number of H-pyrrole nitrogens is 1. The molecule has 2 amide bonds. The molecule has 0 aliphatic carbocycles. The average molecular weight is 295 g/mol. The summed E-state index contributed by atoms with van der Waals surface area (Å²) >= 11 is 0. The zero-order valence-electron chi connectivity index (χ0n) is 11.7. The lowest BCUT2D eigenvalue weighted by molar-refractivity contribution is -0.129. The lowest BCUT2D eigenvalue weighted by atomic mass is 10.1. The minimum Gasteiger partial charge on any atom is -0.277 e. The number of fused-ring (bicyclic) bond motifs is 3. The van der Waals surface area contributed by atoms with Crippen LogP contribution in [-0.2, 0) is 4.79 Å². The van der Waals surface area contributed by atoms with Gasteiger partial charge in [-0.2, -0.15) is 5.10 Å². The first-order valence-electron chi connectivity index (χ1n) is 7.05. The lowest BCUT2D eigenvalue weighted by Crippen LogP contribution is -2.42. The minimum atomic E-state index is -0.298. The number of hydrogen-bond donors (Lipinski definition) is 2. The molecule has 0 bridgehead atoms. The molecule has 1 fully saturated rings. The second-order valence-corrected chi connectivity index (χ2v) is 5.28. The van der Waals surface area contributed by atoms with Gasteiger partial charge in [-0.3, -0.25) is 30.1 Å². The smallest absolute Gasteiger partial charge is 0.269 e. The molecule has 2 N–H and O–H groups in total. The summed E-state index contributed by atoms with van der Waals surface area (Å²) in [5.41, 5.74) is 4.76. The van der Waals surface area contributed by atoms with Crippen LogP contribution in [0, 0.1) is 0 Å². The van der Waals surface area contributed by atoms with E-state index in [9.17, 15) is 9.59 Å². The molecule has 2 aromatic heterocycles. The zero-order valence-corrected chi connectivity index (χ0v) is 11.7. The molecule has 3 aromatic rings. The normalized spacial score (nSPS) is 14.9. The molecule has 1 aliphatic rings. The van der Waals surface area contributed by atoms with Gasteiger partial charge in [-0.05, 0) is 24.6 Å². The highest BCUT2D eigenvalue weighted by atomic mass is 16.2. The molecule has 0 saturated carbocycles. The minimum absolute atomic E-state index is 0.0493. The molecule has 4 rings (SSSR count). The van der Waals surface area contributed by atoms with E-state index in [4.69, 9.17) is 0 Å². The van der Waals surface area contributed by atoms with Crippen molar-refractivity contribution in [3.05, 3.63) is 36.2 Å². The van der Waals surface area contributed by atoms with Crippen LogP contribution in [-0.4, -0.2) is 38.5 Å². The Labute approximate surface area is 125 Å². The van der Waals surface area contributed by atoms with E-state index in [2.05, 4.69) is 20.6 Å². The Kier molecular flexibility index (Phi) is 2.78. The Morgan fingerprint density at radius 2 is 2.23 bits per heavy atom. The molecule has 110 valence electrons. The fourth-order valence-corrected chi connectivity index (χ4v) is 2.69. The van der Waals surface area contributed by atoms with Crippen molar-refractivity contribution < 1.29 is 9.59 Å². The molecule has 1 saturated heterocycles.